The molecule has 0 radical (unpaired) electrons. The van der Waals surface area contributed by atoms with Crippen LogP contribution in [-0.2, 0) is 0 Å². The second kappa shape index (κ2) is 4.37. The molecule has 1 aliphatic rings. The maximum absolute atomic E-state index is 4.45. The van der Waals surface area contributed by atoms with E-state index in [1.165, 1.54) is 19.3 Å². The predicted molar refractivity (Wildman–Crippen MR) is 73.6 cm³/mol. The van der Waals surface area contributed by atoms with Crippen molar-refractivity contribution in [2.24, 2.45) is 0 Å². The van der Waals surface area contributed by atoms with E-state index in [4.69, 9.17) is 0 Å². The zero-order valence-electron chi connectivity index (χ0n) is 10.6. The highest BCUT2D eigenvalue weighted by Gasteiger charge is 2.20. The van der Waals surface area contributed by atoms with Gasteiger partial charge in [0.15, 0.2) is 0 Å². The molecule has 0 saturated heterocycles. The van der Waals surface area contributed by atoms with E-state index in [1.807, 2.05) is 25.5 Å². The Hall–Kier alpha value is -1.97. The van der Waals surface area contributed by atoms with Gasteiger partial charge in [-0.1, -0.05) is 6.58 Å². The minimum absolute atomic E-state index is 0.599. The zero-order valence-corrected chi connectivity index (χ0v) is 10.6. The van der Waals surface area contributed by atoms with Crippen molar-refractivity contribution in [3.8, 4) is 0 Å². The standard InChI is InChI=1S/C14H18N4/c1-10(13-6-7-16-14(13)15-2)11-8-17-18(9-11)12-4-3-5-12/h6-9,12,15-16H,1,3-5H2,2H3. The average molecular weight is 242 g/mol. The van der Waals surface area contributed by atoms with Crippen molar-refractivity contribution < 1.29 is 0 Å². The summed E-state index contributed by atoms with van der Waals surface area (Å²) in [5.74, 6) is 0.997. The third kappa shape index (κ3) is 1.74. The van der Waals surface area contributed by atoms with Gasteiger partial charge in [-0.25, -0.2) is 0 Å². The van der Waals surface area contributed by atoms with E-state index < -0.39 is 0 Å². The number of hydrogen-bond acceptors (Lipinski definition) is 2. The van der Waals surface area contributed by atoms with E-state index in [1.54, 1.807) is 0 Å². The number of H-pyrrole nitrogens is 1. The number of nitrogens with zero attached hydrogens (tertiary/aromatic N) is 2. The fourth-order valence-electron chi connectivity index (χ4n) is 2.33. The highest BCUT2D eigenvalue weighted by Crippen LogP contribution is 2.33. The van der Waals surface area contributed by atoms with Crippen LogP contribution in [0.15, 0.2) is 31.2 Å². The Kier molecular flexibility index (Phi) is 2.70. The molecule has 2 heterocycles. The zero-order chi connectivity index (χ0) is 12.5. The van der Waals surface area contributed by atoms with E-state index in [-0.39, 0.29) is 0 Å². The maximum Gasteiger partial charge on any atom is 0.110 e. The smallest absolute Gasteiger partial charge is 0.110 e. The summed E-state index contributed by atoms with van der Waals surface area (Å²) in [5.41, 5.74) is 3.20. The molecule has 4 nitrogen and oxygen atoms in total. The maximum atomic E-state index is 4.45. The van der Waals surface area contributed by atoms with Crippen LogP contribution >= 0.6 is 0 Å². The topological polar surface area (TPSA) is 45.6 Å². The molecule has 18 heavy (non-hydrogen) atoms. The predicted octanol–water partition coefficient (Wildman–Crippen LogP) is 3.04. The molecular weight excluding hydrogens is 224 g/mol. The number of hydrogen-bond donors (Lipinski definition) is 2. The van der Waals surface area contributed by atoms with Gasteiger partial charge in [-0.3, -0.25) is 4.68 Å². The lowest BCUT2D eigenvalue weighted by atomic mass is 9.93. The lowest BCUT2D eigenvalue weighted by Crippen LogP contribution is -2.17. The summed E-state index contributed by atoms with van der Waals surface area (Å²) >= 11 is 0. The molecule has 0 bridgehead atoms. The molecule has 94 valence electrons. The number of aromatic nitrogens is 3. The first kappa shape index (κ1) is 11.1. The molecule has 0 unspecified atom stereocenters. The van der Waals surface area contributed by atoms with Crippen LogP contribution < -0.4 is 5.32 Å². The van der Waals surface area contributed by atoms with Crippen molar-refractivity contribution in [3.63, 3.8) is 0 Å². The van der Waals surface area contributed by atoms with Gasteiger partial charge in [0.05, 0.1) is 12.2 Å². The van der Waals surface area contributed by atoms with Crippen LogP contribution in [-0.4, -0.2) is 21.8 Å². The lowest BCUT2D eigenvalue weighted by Gasteiger charge is -2.25. The Labute approximate surface area is 107 Å². The Balaban J connectivity index is 1.85. The second-order valence-electron chi connectivity index (χ2n) is 4.79. The third-order valence-corrected chi connectivity index (χ3v) is 3.72. The van der Waals surface area contributed by atoms with Crippen LogP contribution in [0, 0.1) is 0 Å². The fraction of sp³-hybridized carbons (Fsp3) is 0.357. The first-order chi connectivity index (χ1) is 8.79. The highest BCUT2D eigenvalue weighted by atomic mass is 15.3. The van der Waals surface area contributed by atoms with Crippen LogP contribution in [0.2, 0.25) is 0 Å². The molecule has 0 aliphatic heterocycles. The van der Waals surface area contributed by atoms with Gasteiger partial charge in [0.25, 0.3) is 0 Å². The Bertz CT molecular complexity index is 560. The van der Waals surface area contributed by atoms with Crippen LogP contribution in [0.1, 0.15) is 36.4 Å². The van der Waals surface area contributed by atoms with E-state index in [9.17, 15) is 0 Å². The van der Waals surface area contributed by atoms with Crippen LogP contribution in [0.3, 0.4) is 0 Å². The van der Waals surface area contributed by atoms with Crippen LogP contribution in [0.25, 0.3) is 5.57 Å². The molecule has 0 aromatic carbocycles. The van der Waals surface area contributed by atoms with Gasteiger partial charge in [-0.15, -0.1) is 0 Å². The van der Waals surface area contributed by atoms with Crippen molar-refractivity contribution in [3.05, 3.63) is 42.4 Å². The molecule has 1 fully saturated rings. The van der Waals surface area contributed by atoms with Crippen molar-refractivity contribution in [1.29, 1.82) is 0 Å². The van der Waals surface area contributed by atoms with Gasteiger partial charge in [-0.2, -0.15) is 5.10 Å². The first-order valence-corrected chi connectivity index (χ1v) is 6.38. The molecular formula is C14H18N4. The van der Waals surface area contributed by atoms with E-state index >= 15 is 0 Å². The molecule has 2 N–H and O–H groups in total. The summed E-state index contributed by atoms with van der Waals surface area (Å²) in [5, 5.41) is 7.58. The first-order valence-electron chi connectivity index (χ1n) is 6.38. The van der Waals surface area contributed by atoms with E-state index in [0.717, 1.165) is 22.5 Å². The quantitative estimate of drug-likeness (QED) is 0.865. The SMILES string of the molecule is C=C(c1cnn(C2CCC2)c1)c1cc[nH]c1NC. The molecule has 0 amide bonds. The number of anilines is 1. The minimum Gasteiger partial charge on any atom is -0.374 e. The largest absolute Gasteiger partial charge is 0.374 e. The van der Waals surface area contributed by atoms with Gasteiger partial charge < -0.3 is 10.3 Å². The number of aromatic amines is 1. The van der Waals surface area contributed by atoms with Gasteiger partial charge in [-0.05, 0) is 30.9 Å². The molecule has 1 aliphatic carbocycles. The number of nitrogens with one attached hydrogen (secondary N) is 2. The molecule has 4 heteroatoms. The molecule has 1 saturated carbocycles. The highest BCUT2D eigenvalue weighted by molar-refractivity contribution is 5.83. The lowest BCUT2D eigenvalue weighted by molar-refractivity contribution is 0.289. The van der Waals surface area contributed by atoms with Crippen molar-refractivity contribution in [2.75, 3.05) is 12.4 Å². The van der Waals surface area contributed by atoms with Gasteiger partial charge in [0.2, 0.25) is 0 Å². The Morgan fingerprint density at radius 2 is 2.39 bits per heavy atom. The van der Waals surface area contributed by atoms with Gasteiger partial charge >= 0.3 is 0 Å². The molecule has 2 aromatic rings. The normalized spacial score (nSPS) is 15.4. The monoisotopic (exact) mass is 242 g/mol. The van der Waals surface area contributed by atoms with Crippen LogP contribution in [0.5, 0.6) is 0 Å². The van der Waals surface area contributed by atoms with Crippen molar-refractivity contribution in [2.45, 2.75) is 25.3 Å². The van der Waals surface area contributed by atoms with Crippen LogP contribution in [0.4, 0.5) is 5.82 Å². The summed E-state index contributed by atoms with van der Waals surface area (Å²) < 4.78 is 2.08. The summed E-state index contributed by atoms with van der Waals surface area (Å²) in [6.07, 6.45) is 9.76. The summed E-state index contributed by atoms with van der Waals surface area (Å²) in [4.78, 5) is 3.16. The summed E-state index contributed by atoms with van der Waals surface area (Å²) in [6, 6.07) is 2.64. The summed E-state index contributed by atoms with van der Waals surface area (Å²) in [6.45, 7) is 4.18. The van der Waals surface area contributed by atoms with Gasteiger partial charge in [0.1, 0.15) is 5.82 Å². The van der Waals surface area contributed by atoms with Crippen molar-refractivity contribution >= 4 is 11.4 Å². The van der Waals surface area contributed by atoms with E-state index in [2.05, 4.69) is 32.9 Å². The fourth-order valence-corrected chi connectivity index (χ4v) is 2.33. The van der Waals surface area contributed by atoms with E-state index in [0.29, 0.717) is 6.04 Å². The average Bonchev–Trinajstić information content (AvgIpc) is 2.93. The molecule has 0 atom stereocenters. The molecule has 2 aromatic heterocycles. The summed E-state index contributed by atoms with van der Waals surface area (Å²) in [7, 11) is 1.90. The molecule has 0 spiro atoms. The van der Waals surface area contributed by atoms with Crippen molar-refractivity contribution in [1.82, 2.24) is 14.8 Å². The second-order valence-corrected chi connectivity index (χ2v) is 4.79. The van der Waals surface area contributed by atoms with Gasteiger partial charge in [0, 0.05) is 30.6 Å². The Morgan fingerprint density at radius 3 is 3.06 bits per heavy atom. The number of rotatable bonds is 4. The third-order valence-electron chi connectivity index (χ3n) is 3.72. The molecule has 3 rings (SSSR count). The minimum atomic E-state index is 0.599. The Morgan fingerprint density at radius 1 is 1.56 bits per heavy atom.